The first-order chi connectivity index (χ1) is 9.19. The van der Waals surface area contributed by atoms with Gasteiger partial charge >= 0.3 is 6.09 Å². The first kappa shape index (κ1) is 16.6. The van der Waals surface area contributed by atoms with Gasteiger partial charge in [-0.1, -0.05) is 18.5 Å². The molecular formula is C14H21ClN2O3. The molecular weight excluding hydrogens is 280 g/mol. The van der Waals surface area contributed by atoms with Crippen LogP contribution in [0.1, 0.15) is 32.8 Å². The number of pyridine rings is 1. The van der Waals surface area contributed by atoms with E-state index in [1.807, 2.05) is 27.7 Å². The number of rotatable bonds is 6. The number of amides is 1. The molecule has 1 atom stereocenters. The van der Waals surface area contributed by atoms with Crippen LogP contribution in [0.5, 0.6) is 5.75 Å². The highest BCUT2D eigenvalue weighted by Crippen LogP contribution is 2.22. The normalized spacial score (nSPS) is 12.8. The van der Waals surface area contributed by atoms with E-state index in [-0.39, 0.29) is 5.92 Å². The Morgan fingerprint density at radius 3 is 2.80 bits per heavy atom. The van der Waals surface area contributed by atoms with Crippen LogP contribution in [0, 0.1) is 12.8 Å². The van der Waals surface area contributed by atoms with Crippen LogP contribution in [0.15, 0.2) is 12.3 Å². The molecule has 1 aromatic heterocycles. The highest BCUT2D eigenvalue weighted by Gasteiger charge is 2.23. The number of hydrogen-bond donors (Lipinski definition) is 2. The Bertz CT molecular complexity index is 477. The van der Waals surface area contributed by atoms with Gasteiger partial charge in [0.25, 0.3) is 0 Å². The monoisotopic (exact) mass is 300 g/mol. The minimum absolute atomic E-state index is 0.201. The lowest BCUT2D eigenvalue weighted by atomic mass is 9.92. The minimum Gasteiger partial charge on any atom is -0.491 e. The third kappa shape index (κ3) is 5.65. The lowest BCUT2D eigenvalue weighted by Crippen LogP contribution is -2.44. The average Bonchev–Trinajstić information content (AvgIpc) is 2.24. The smallest absolute Gasteiger partial charge is 0.405 e. The number of halogens is 1. The van der Waals surface area contributed by atoms with E-state index in [0.717, 1.165) is 5.56 Å². The van der Waals surface area contributed by atoms with Gasteiger partial charge in [-0.25, -0.2) is 9.78 Å². The van der Waals surface area contributed by atoms with Gasteiger partial charge in [0.1, 0.15) is 10.9 Å². The number of aryl methyl sites for hydroxylation is 1. The predicted octanol–water partition coefficient (Wildman–Crippen LogP) is 3.49. The number of nitrogens with zero attached hydrogens (tertiary/aromatic N) is 1. The van der Waals surface area contributed by atoms with Crippen molar-refractivity contribution in [3.8, 4) is 5.75 Å². The van der Waals surface area contributed by atoms with Gasteiger partial charge in [0.2, 0.25) is 0 Å². The summed E-state index contributed by atoms with van der Waals surface area (Å²) >= 11 is 5.78. The molecule has 0 fully saturated rings. The molecule has 2 N–H and O–H groups in total. The summed E-state index contributed by atoms with van der Waals surface area (Å²) in [6.07, 6.45) is 1.27. The van der Waals surface area contributed by atoms with Gasteiger partial charge in [0, 0.05) is 5.54 Å². The fourth-order valence-corrected chi connectivity index (χ4v) is 2.38. The van der Waals surface area contributed by atoms with Gasteiger partial charge < -0.3 is 15.2 Å². The van der Waals surface area contributed by atoms with Crippen molar-refractivity contribution < 1.29 is 14.6 Å². The number of aromatic nitrogens is 1. The molecule has 1 rings (SSSR count). The molecule has 20 heavy (non-hydrogen) atoms. The molecule has 1 amide bonds. The van der Waals surface area contributed by atoms with Crippen molar-refractivity contribution in [2.45, 2.75) is 39.7 Å². The van der Waals surface area contributed by atoms with E-state index in [1.54, 1.807) is 12.3 Å². The van der Waals surface area contributed by atoms with Crippen LogP contribution in [0.25, 0.3) is 0 Å². The van der Waals surface area contributed by atoms with Gasteiger partial charge in [-0.3, -0.25) is 0 Å². The van der Waals surface area contributed by atoms with E-state index >= 15 is 0 Å². The molecule has 112 valence electrons. The van der Waals surface area contributed by atoms with Crippen LogP contribution in [0.2, 0.25) is 5.15 Å². The van der Waals surface area contributed by atoms with Gasteiger partial charge in [0.15, 0.2) is 0 Å². The number of carbonyl (C=O) groups is 1. The van der Waals surface area contributed by atoms with Gasteiger partial charge in [-0.2, -0.15) is 0 Å². The highest BCUT2D eigenvalue weighted by atomic mass is 35.5. The van der Waals surface area contributed by atoms with Crippen LogP contribution in [-0.4, -0.2) is 28.3 Å². The SMILES string of the molecule is Cc1cc(Cl)ncc1OCC(C)CC(C)(C)NC(=O)O. The maximum absolute atomic E-state index is 10.7. The van der Waals surface area contributed by atoms with Gasteiger partial charge in [-0.15, -0.1) is 0 Å². The number of carboxylic acid groups (broad SMARTS) is 1. The summed E-state index contributed by atoms with van der Waals surface area (Å²) in [5.41, 5.74) is 0.446. The predicted molar refractivity (Wildman–Crippen MR) is 78.5 cm³/mol. The quantitative estimate of drug-likeness (QED) is 0.789. The van der Waals surface area contributed by atoms with E-state index in [1.165, 1.54) is 0 Å². The van der Waals surface area contributed by atoms with E-state index in [0.29, 0.717) is 23.9 Å². The molecule has 0 saturated heterocycles. The maximum Gasteiger partial charge on any atom is 0.405 e. The second kappa shape index (κ2) is 6.79. The summed E-state index contributed by atoms with van der Waals surface area (Å²) in [4.78, 5) is 14.7. The number of ether oxygens (including phenoxy) is 1. The second-order valence-corrected chi connectivity index (χ2v) is 6.09. The Morgan fingerprint density at radius 2 is 2.25 bits per heavy atom. The Labute approximate surface area is 124 Å². The second-order valence-electron chi connectivity index (χ2n) is 5.71. The first-order valence-corrected chi connectivity index (χ1v) is 6.83. The molecule has 0 aliphatic heterocycles. The maximum atomic E-state index is 10.7. The lowest BCUT2D eigenvalue weighted by Gasteiger charge is -2.28. The number of hydrogen-bond acceptors (Lipinski definition) is 3. The fourth-order valence-electron chi connectivity index (χ4n) is 2.16. The van der Waals surface area contributed by atoms with Crippen LogP contribution in [0.3, 0.4) is 0 Å². The first-order valence-electron chi connectivity index (χ1n) is 6.45. The Balaban J connectivity index is 2.50. The molecule has 0 saturated carbocycles. The van der Waals surface area contributed by atoms with E-state index < -0.39 is 11.6 Å². The summed E-state index contributed by atoms with van der Waals surface area (Å²) in [5.74, 6) is 0.900. The number of nitrogens with one attached hydrogen (secondary N) is 1. The zero-order valence-electron chi connectivity index (χ0n) is 12.2. The summed E-state index contributed by atoms with van der Waals surface area (Å²) in [7, 11) is 0. The summed E-state index contributed by atoms with van der Waals surface area (Å²) in [6, 6.07) is 1.75. The Hall–Kier alpha value is -1.49. The molecule has 0 spiro atoms. The molecule has 0 aliphatic carbocycles. The fraction of sp³-hybridized carbons (Fsp3) is 0.571. The third-order valence-corrected chi connectivity index (χ3v) is 3.06. The van der Waals surface area contributed by atoms with Gasteiger partial charge in [0.05, 0.1) is 12.8 Å². The zero-order valence-corrected chi connectivity index (χ0v) is 13.0. The Morgan fingerprint density at radius 1 is 1.60 bits per heavy atom. The van der Waals surface area contributed by atoms with Gasteiger partial charge in [-0.05, 0) is 44.7 Å². The van der Waals surface area contributed by atoms with Crippen molar-refractivity contribution in [3.63, 3.8) is 0 Å². The van der Waals surface area contributed by atoms with Crippen LogP contribution in [-0.2, 0) is 0 Å². The highest BCUT2D eigenvalue weighted by molar-refractivity contribution is 6.29. The molecule has 0 aromatic carbocycles. The van der Waals surface area contributed by atoms with Crippen molar-refractivity contribution >= 4 is 17.7 Å². The zero-order chi connectivity index (χ0) is 15.3. The van der Waals surface area contributed by atoms with E-state index in [2.05, 4.69) is 10.3 Å². The molecule has 1 aromatic rings. The summed E-state index contributed by atoms with van der Waals surface area (Å²) in [6.45, 7) is 8.13. The summed E-state index contributed by atoms with van der Waals surface area (Å²) < 4.78 is 5.71. The molecule has 0 bridgehead atoms. The molecule has 6 heteroatoms. The summed E-state index contributed by atoms with van der Waals surface area (Å²) in [5, 5.41) is 11.7. The molecule has 1 heterocycles. The topological polar surface area (TPSA) is 71.5 Å². The van der Waals surface area contributed by atoms with Crippen LogP contribution >= 0.6 is 11.6 Å². The van der Waals surface area contributed by atoms with Crippen molar-refractivity contribution in [3.05, 3.63) is 23.0 Å². The third-order valence-electron chi connectivity index (χ3n) is 2.86. The van der Waals surface area contributed by atoms with E-state index in [4.69, 9.17) is 21.4 Å². The largest absolute Gasteiger partial charge is 0.491 e. The van der Waals surface area contributed by atoms with Crippen LogP contribution in [0.4, 0.5) is 4.79 Å². The van der Waals surface area contributed by atoms with Crippen molar-refractivity contribution in [1.29, 1.82) is 0 Å². The molecule has 5 nitrogen and oxygen atoms in total. The lowest BCUT2D eigenvalue weighted by molar-refractivity contribution is 0.169. The van der Waals surface area contributed by atoms with Crippen molar-refractivity contribution in [2.75, 3.05) is 6.61 Å². The molecule has 0 aliphatic rings. The molecule has 1 unspecified atom stereocenters. The minimum atomic E-state index is -1.01. The average molecular weight is 301 g/mol. The standard InChI is InChI=1S/C14H21ClN2O3/c1-9(6-14(3,4)17-13(18)19)8-20-11-7-16-12(15)5-10(11)2/h5,7,9,17H,6,8H2,1-4H3,(H,18,19). The van der Waals surface area contributed by atoms with E-state index in [9.17, 15) is 4.79 Å². The van der Waals surface area contributed by atoms with Crippen molar-refractivity contribution in [1.82, 2.24) is 10.3 Å². The Kier molecular flexibility index (Phi) is 5.62. The van der Waals surface area contributed by atoms with Crippen LogP contribution < -0.4 is 10.1 Å². The molecule has 0 radical (unpaired) electrons. The van der Waals surface area contributed by atoms with Crippen molar-refractivity contribution in [2.24, 2.45) is 5.92 Å².